The Morgan fingerprint density at radius 1 is 1.42 bits per heavy atom. The molecular weight excluding hydrogens is 304 g/mol. The zero-order valence-corrected chi connectivity index (χ0v) is 14.0. The van der Waals surface area contributed by atoms with E-state index in [1.165, 1.54) is 6.20 Å². The maximum absolute atomic E-state index is 12.2. The summed E-state index contributed by atoms with van der Waals surface area (Å²) in [6, 6.07) is 7.47. The predicted molar refractivity (Wildman–Crippen MR) is 89.8 cm³/mol. The van der Waals surface area contributed by atoms with Gasteiger partial charge >= 0.3 is 0 Å². The van der Waals surface area contributed by atoms with Gasteiger partial charge in [0.25, 0.3) is 0 Å². The molecule has 1 fully saturated rings. The van der Waals surface area contributed by atoms with Gasteiger partial charge in [-0.15, -0.1) is 0 Å². The SMILES string of the molecule is C[C@H](NCC(=O)N1CCCC1C#N)[C@H](C)Nc1ccc(C#N)cn1. The molecule has 0 aliphatic carbocycles. The largest absolute Gasteiger partial charge is 0.366 e. The maximum atomic E-state index is 12.2. The minimum atomic E-state index is -0.284. The number of rotatable bonds is 6. The summed E-state index contributed by atoms with van der Waals surface area (Å²) in [6.45, 7) is 4.86. The Morgan fingerprint density at radius 3 is 2.83 bits per heavy atom. The average molecular weight is 326 g/mol. The molecule has 3 atom stereocenters. The summed E-state index contributed by atoms with van der Waals surface area (Å²) >= 11 is 0. The predicted octanol–water partition coefficient (Wildman–Crippen LogP) is 1.25. The van der Waals surface area contributed by atoms with Gasteiger partial charge in [-0.1, -0.05) is 0 Å². The third-order valence-electron chi connectivity index (χ3n) is 4.32. The van der Waals surface area contributed by atoms with Crippen LogP contribution in [0.3, 0.4) is 0 Å². The smallest absolute Gasteiger partial charge is 0.237 e. The van der Waals surface area contributed by atoms with Crippen LogP contribution < -0.4 is 10.6 Å². The number of anilines is 1. The monoisotopic (exact) mass is 326 g/mol. The van der Waals surface area contributed by atoms with Crippen molar-refractivity contribution < 1.29 is 4.79 Å². The number of nitriles is 2. The first-order valence-electron chi connectivity index (χ1n) is 8.10. The molecule has 1 saturated heterocycles. The van der Waals surface area contributed by atoms with Crippen LogP contribution in [0, 0.1) is 22.7 Å². The van der Waals surface area contributed by atoms with Crippen molar-refractivity contribution >= 4 is 11.7 Å². The van der Waals surface area contributed by atoms with Crippen LogP contribution in [0.5, 0.6) is 0 Å². The number of pyridine rings is 1. The van der Waals surface area contributed by atoms with Crippen LogP contribution in [-0.2, 0) is 4.79 Å². The number of aromatic nitrogens is 1. The summed E-state index contributed by atoms with van der Waals surface area (Å²) in [6.07, 6.45) is 3.17. The van der Waals surface area contributed by atoms with Crippen molar-refractivity contribution in [3.8, 4) is 12.1 Å². The fraction of sp³-hybridized carbons (Fsp3) is 0.529. The Kier molecular flexibility index (Phi) is 6.11. The Labute approximate surface area is 142 Å². The van der Waals surface area contributed by atoms with Crippen LogP contribution in [-0.4, -0.2) is 47.0 Å². The Balaban J connectivity index is 1.81. The normalized spacial score (nSPS) is 19.2. The van der Waals surface area contributed by atoms with Gasteiger partial charge in [-0.3, -0.25) is 4.79 Å². The van der Waals surface area contributed by atoms with Crippen LogP contribution in [0.1, 0.15) is 32.3 Å². The first-order valence-corrected chi connectivity index (χ1v) is 8.10. The van der Waals surface area contributed by atoms with Gasteiger partial charge in [0.05, 0.1) is 18.2 Å². The topological polar surface area (TPSA) is 105 Å². The van der Waals surface area contributed by atoms with E-state index in [0.29, 0.717) is 17.9 Å². The fourth-order valence-corrected chi connectivity index (χ4v) is 2.63. The second kappa shape index (κ2) is 8.28. The van der Waals surface area contributed by atoms with E-state index in [1.54, 1.807) is 17.0 Å². The Hall–Kier alpha value is -2.64. The van der Waals surface area contributed by atoms with Crippen molar-refractivity contribution in [2.45, 2.75) is 44.8 Å². The van der Waals surface area contributed by atoms with E-state index in [-0.39, 0.29) is 30.6 Å². The second-order valence-corrected chi connectivity index (χ2v) is 6.02. The van der Waals surface area contributed by atoms with Gasteiger partial charge in [-0.2, -0.15) is 10.5 Å². The van der Waals surface area contributed by atoms with Crippen LogP contribution in [0.2, 0.25) is 0 Å². The van der Waals surface area contributed by atoms with E-state index in [0.717, 1.165) is 12.8 Å². The molecule has 0 aromatic carbocycles. The van der Waals surface area contributed by atoms with Crippen LogP contribution in [0.25, 0.3) is 0 Å². The van der Waals surface area contributed by atoms with Gasteiger partial charge in [0.2, 0.25) is 5.91 Å². The lowest BCUT2D eigenvalue weighted by Gasteiger charge is -2.25. The van der Waals surface area contributed by atoms with Gasteiger partial charge in [0.15, 0.2) is 0 Å². The number of nitrogens with zero attached hydrogens (tertiary/aromatic N) is 4. The molecule has 126 valence electrons. The molecule has 0 saturated carbocycles. The molecule has 1 aromatic heterocycles. The highest BCUT2D eigenvalue weighted by Gasteiger charge is 2.28. The highest BCUT2D eigenvalue weighted by Crippen LogP contribution is 2.16. The molecule has 2 heterocycles. The molecule has 1 unspecified atom stereocenters. The average Bonchev–Trinajstić information content (AvgIpc) is 3.08. The minimum absolute atomic E-state index is 0.0328. The molecule has 0 bridgehead atoms. The molecule has 1 aromatic rings. The molecule has 1 amide bonds. The second-order valence-electron chi connectivity index (χ2n) is 6.02. The molecule has 1 aliphatic heterocycles. The fourth-order valence-electron chi connectivity index (χ4n) is 2.63. The zero-order chi connectivity index (χ0) is 17.5. The summed E-state index contributed by atoms with van der Waals surface area (Å²) in [7, 11) is 0. The molecule has 2 rings (SSSR count). The first kappa shape index (κ1) is 17.7. The lowest BCUT2D eigenvalue weighted by Crippen LogP contribution is -2.47. The lowest BCUT2D eigenvalue weighted by atomic mass is 10.1. The van der Waals surface area contributed by atoms with E-state index in [1.807, 2.05) is 19.9 Å². The Morgan fingerprint density at radius 2 is 2.21 bits per heavy atom. The van der Waals surface area contributed by atoms with Gasteiger partial charge < -0.3 is 15.5 Å². The summed E-state index contributed by atoms with van der Waals surface area (Å²) in [4.78, 5) is 18.1. The van der Waals surface area contributed by atoms with E-state index in [4.69, 9.17) is 10.5 Å². The number of hydrogen-bond acceptors (Lipinski definition) is 6. The Bertz CT molecular complexity index is 645. The molecule has 2 N–H and O–H groups in total. The van der Waals surface area contributed by atoms with Gasteiger partial charge in [0.1, 0.15) is 17.9 Å². The molecule has 0 spiro atoms. The quantitative estimate of drug-likeness (QED) is 0.815. The molecule has 7 nitrogen and oxygen atoms in total. The van der Waals surface area contributed by atoms with Crippen molar-refractivity contribution in [2.24, 2.45) is 0 Å². The third-order valence-corrected chi connectivity index (χ3v) is 4.32. The van der Waals surface area contributed by atoms with Crippen molar-refractivity contribution in [1.29, 1.82) is 10.5 Å². The van der Waals surface area contributed by atoms with E-state index in [2.05, 4.69) is 21.7 Å². The van der Waals surface area contributed by atoms with E-state index >= 15 is 0 Å². The number of hydrogen-bond donors (Lipinski definition) is 2. The summed E-state index contributed by atoms with van der Waals surface area (Å²) in [5.74, 6) is 0.653. The highest BCUT2D eigenvalue weighted by atomic mass is 16.2. The number of carbonyl (C=O) groups excluding carboxylic acids is 1. The first-order chi connectivity index (χ1) is 11.5. The molecule has 7 heteroatoms. The van der Waals surface area contributed by atoms with Crippen molar-refractivity contribution in [2.75, 3.05) is 18.4 Å². The third kappa shape index (κ3) is 4.43. The van der Waals surface area contributed by atoms with Gasteiger partial charge in [0, 0.05) is 24.8 Å². The van der Waals surface area contributed by atoms with E-state index < -0.39 is 0 Å². The number of likely N-dealkylation sites (tertiary alicyclic amines) is 1. The highest BCUT2D eigenvalue weighted by molar-refractivity contribution is 5.79. The maximum Gasteiger partial charge on any atom is 0.237 e. The summed E-state index contributed by atoms with van der Waals surface area (Å²) < 4.78 is 0. The van der Waals surface area contributed by atoms with Gasteiger partial charge in [-0.25, -0.2) is 4.98 Å². The summed E-state index contributed by atoms with van der Waals surface area (Å²) in [5, 5.41) is 24.3. The minimum Gasteiger partial charge on any atom is -0.366 e. The van der Waals surface area contributed by atoms with Crippen LogP contribution in [0.15, 0.2) is 18.3 Å². The summed E-state index contributed by atoms with van der Waals surface area (Å²) in [5.41, 5.74) is 0.516. The van der Waals surface area contributed by atoms with Gasteiger partial charge in [-0.05, 0) is 38.8 Å². The molecular formula is C17H22N6O. The molecule has 24 heavy (non-hydrogen) atoms. The van der Waals surface area contributed by atoms with Crippen LogP contribution in [0.4, 0.5) is 5.82 Å². The van der Waals surface area contributed by atoms with Crippen molar-refractivity contribution in [3.05, 3.63) is 23.9 Å². The van der Waals surface area contributed by atoms with Crippen LogP contribution >= 0.6 is 0 Å². The standard InChI is InChI=1S/C17H22N6O/c1-12(13(2)22-16-6-5-14(8-18)10-21-16)20-11-17(24)23-7-3-4-15(23)9-19/h5-6,10,12-13,15,20H,3-4,7,11H2,1-2H3,(H,21,22)/t12-,13-,15?/m0/s1. The zero-order valence-electron chi connectivity index (χ0n) is 14.0. The number of nitrogens with one attached hydrogen (secondary N) is 2. The number of carbonyl (C=O) groups is 1. The van der Waals surface area contributed by atoms with Crippen molar-refractivity contribution in [1.82, 2.24) is 15.2 Å². The van der Waals surface area contributed by atoms with E-state index in [9.17, 15) is 4.79 Å². The van der Waals surface area contributed by atoms with Crippen molar-refractivity contribution in [3.63, 3.8) is 0 Å². The molecule has 1 aliphatic rings. The lowest BCUT2D eigenvalue weighted by molar-refractivity contribution is -0.130. The molecule has 0 radical (unpaired) electrons. The number of amides is 1.